The Morgan fingerprint density at radius 3 is 1.89 bits per heavy atom. The second-order valence-electron chi connectivity index (χ2n) is 5.42. The van der Waals surface area contributed by atoms with Crippen LogP contribution in [0.4, 0.5) is 0 Å². The molecular weight excluding hydrogens is 224 g/mol. The van der Waals surface area contributed by atoms with Crippen LogP contribution in [0, 0.1) is 0 Å². The Balaban J connectivity index is 3.12. The summed E-state index contributed by atoms with van der Waals surface area (Å²) in [6, 6.07) is 0. The lowest BCUT2D eigenvalue weighted by molar-refractivity contribution is -0.121. The van der Waals surface area contributed by atoms with E-state index < -0.39 is 0 Å². The number of carbonyl (C=O) groups excluding carboxylic acids is 1. The van der Waals surface area contributed by atoms with E-state index >= 15 is 0 Å². The summed E-state index contributed by atoms with van der Waals surface area (Å²) in [5.41, 5.74) is 0. The van der Waals surface area contributed by atoms with Crippen LogP contribution in [0.15, 0.2) is 0 Å². The molecule has 0 aliphatic carbocycles. The van der Waals surface area contributed by atoms with Gasteiger partial charge >= 0.3 is 0 Å². The predicted octanol–water partition coefficient (Wildman–Crippen LogP) is 3.54. The van der Waals surface area contributed by atoms with Crippen molar-refractivity contribution < 1.29 is 4.79 Å². The number of unbranched alkanes of at least 4 members (excludes halogenated alkanes) is 8. The topological polar surface area (TPSA) is 32.3 Å². The second-order valence-corrected chi connectivity index (χ2v) is 5.42. The van der Waals surface area contributed by atoms with Gasteiger partial charge in [0.05, 0.1) is 6.67 Å². The molecule has 0 aromatic heterocycles. The van der Waals surface area contributed by atoms with Crippen LogP contribution < -0.4 is 5.32 Å². The lowest BCUT2D eigenvalue weighted by Crippen LogP contribution is -2.32. The molecule has 0 rings (SSSR count). The quantitative estimate of drug-likeness (QED) is 0.428. The Labute approximate surface area is 113 Å². The second kappa shape index (κ2) is 12.9. The molecule has 0 saturated carbocycles. The Hall–Kier alpha value is -0.570. The fourth-order valence-electron chi connectivity index (χ4n) is 1.93. The first-order chi connectivity index (χ1) is 8.66. The maximum absolute atomic E-state index is 11.4. The molecule has 3 nitrogen and oxygen atoms in total. The minimum atomic E-state index is 0.187. The summed E-state index contributed by atoms with van der Waals surface area (Å²) in [6.45, 7) is 2.90. The third-order valence-corrected chi connectivity index (χ3v) is 3.10. The van der Waals surface area contributed by atoms with Crippen molar-refractivity contribution in [2.75, 3.05) is 20.8 Å². The Kier molecular flexibility index (Phi) is 12.5. The van der Waals surface area contributed by atoms with Gasteiger partial charge in [-0.1, -0.05) is 58.3 Å². The van der Waals surface area contributed by atoms with Gasteiger partial charge in [-0.2, -0.15) is 0 Å². The van der Waals surface area contributed by atoms with Crippen LogP contribution in [-0.2, 0) is 4.79 Å². The van der Waals surface area contributed by atoms with Crippen LogP contribution in [0.1, 0.15) is 71.1 Å². The molecule has 1 N–H and O–H groups in total. The molecule has 108 valence electrons. The summed E-state index contributed by atoms with van der Waals surface area (Å²) in [6.07, 6.45) is 12.4. The first-order valence-corrected chi connectivity index (χ1v) is 7.58. The van der Waals surface area contributed by atoms with Crippen molar-refractivity contribution in [3.05, 3.63) is 0 Å². The van der Waals surface area contributed by atoms with Gasteiger partial charge in [-0.05, 0) is 20.5 Å². The first-order valence-electron chi connectivity index (χ1n) is 7.58. The zero-order valence-corrected chi connectivity index (χ0v) is 12.6. The molecule has 1 amide bonds. The van der Waals surface area contributed by atoms with Crippen molar-refractivity contribution in [2.45, 2.75) is 71.1 Å². The van der Waals surface area contributed by atoms with Gasteiger partial charge in [0.15, 0.2) is 0 Å². The zero-order valence-electron chi connectivity index (χ0n) is 12.6. The van der Waals surface area contributed by atoms with E-state index in [4.69, 9.17) is 0 Å². The van der Waals surface area contributed by atoms with Crippen molar-refractivity contribution in [1.82, 2.24) is 10.2 Å². The minimum Gasteiger partial charge on any atom is -0.343 e. The molecule has 0 aromatic carbocycles. The van der Waals surface area contributed by atoms with E-state index in [-0.39, 0.29) is 5.91 Å². The summed E-state index contributed by atoms with van der Waals surface area (Å²) in [5.74, 6) is 0.187. The molecule has 0 heterocycles. The molecule has 0 aromatic rings. The maximum Gasteiger partial charge on any atom is 0.220 e. The van der Waals surface area contributed by atoms with Crippen LogP contribution in [0.3, 0.4) is 0 Å². The summed E-state index contributed by atoms with van der Waals surface area (Å²) >= 11 is 0. The highest BCUT2D eigenvalue weighted by atomic mass is 16.1. The number of rotatable bonds is 12. The number of hydrogen-bond acceptors (Lipinski definition) is 2. The van der Waals surface area contributed by atoms with Crippen LogP contribution in [0.2, 0.25) is 0 Å². The van der Waals surface area contributed by atoms with Crippen LogP contribution >= 0.6 is 0 Å². The van der Waals surface area contributed by atoms with Gasteiger partial charge in [-0.3, -0.25) is 9.69 Å². The minimum absolute atomic E-state index is 0.187. The monoisotopic (exact) mass is 256 g/mol. The zero-order chi connectivity index (χ0) is 13.6. The predicted molar refractivity (Wildman–Crippen MR) is 78.5 cm³/mol. The first kappa shape index (κ1) is 17.4. The van der Waals surface area contributed by atoms with Gasteiger partial charge in [0.25, 0.3) is 0 Å². The molecule has 0 radical (unpaired) electrons. The van der Waals surface area contributed by atoms with E-state index in [0.29, 0.717) is 13.1 Å². The van der Waals surface area contributed by atoms with Crippen LogP contribution in [0.5, 0.6) is 0 Å². The molecule has 0 aliphatic heterocycles. The highest BCUT2D eigenvalue weighted by Gasteiger charge is 2.00. The molecule has 0 fully saturated rings. The molecule has 0 atom stereocenters. The van der Waals surface area contributed by atoms with E-state index in [2.05, 4.69) is 12.2 Å². The molecule has 0 unspecified atom stereocenters. The van der Waals surface area contributed by atoms with Gasteiger partial charge < -0.3 is 5.32 Å². The number of hydrogen-bond donors (Lipinski definition) is 1. The van der Waals surface area contributed by atoms with Gasteiger partial charge in [-0.25, -0.2) is 0 Å². The van der Waals surface area contributed by atoms with Crippen molar-refractivity contribution in [3.63, 3.8) is 0 Å². The van der Waals surface area contributed by atoms with Crippen molar-refractivity contribution in [1.29, 1.82) is 0 Å². The van der Waals surface area contributed by atoms with E-state index in [9.17, 15) is 4.79 Å². The molecular formula is C15H32N2O. The average Bonchev–Trinajstić information content (AvgIpc) is 2.34. The lowest BCUT2D eigenvalue weighted by Gasteiger charge is -2.10. The van der Waals surface area contributed by atoms with Crippen LogP contribution in [0.25, 0.3) is 0 Å². The molecule has 0 saturated heterocycles. The lowest BCUT2D eigenvalue weighted by atomic mass is 10.1. The van der Waals surface area contributed by atoms with Gasteiger partial charge in [-0.15, -0.1) is 0 Å². The number of nitrogens with zero attached hydrogens (tertiary/aromatic N) is 1. The van der Waals surface area contributed by atoms with Crippen molar-refractivity contribution in [2.24, 2.45) is 0 Å². The maximum atomic E-state index is 11.4. The third-order valence-electron chi connectivity index (χ3n) is 3.10. The third kappa shape index (κ3) is 13.5. The normalized spacial score (nSPS) is 10.9. The summed E-state index contributed by atoms with van der Waals surface area (Å²) in [5, 5.41) is 2.89. The molecule has 0 bridgehead atoms. The highest BCUT2D eigenvalue weighted by molar-refractivity contribution is 5.75. The van der Waals surface area contributed by atoms with E-state index in [1.54, 1.807) is 0 Å². The molecule has 0 aliphatic rings. The Morgan fingerprint density at radius 2 is 1.39 bits per heavy atom. The fraction of sp³-hybridized carbons (Fsp3) is 0.933. The number of nitrogens with one attached hydrogen (secondary N) is 1. The van der Waals surface area contributed by atoms with Crippen molar-refractivity contribution in [3.8, 4) is 0 Å². The van der Waals surface area contributed by atoms with E-state index in [0.717, 1.165) is 6.42 Å². The Bertz CT molecular complexity index is 193. The van der Waals surface area contributed by atoms with Gasteiger partial charge in [0.1, 0.15) is 0 Å². The van der Waals surface area contributed by atoms with E-state index in [1.165, 1.54) is 51.4 Å². The van der Waals surface area contributed by atoms with Crippen molar-refractivity contribution >= 4 is 5.91 Å². The molecule has 3 heteroatoms. The smallest absolute Gasteiger partial charge is 0.220 e. The molecule has 0 spiro atoms. The number of amides is 1. The SMILES string of the molecule is CCCCCCCCCCCC(=O)NCN(C)C. The highest BCUT2D eigenvalue weighted by Crippen LogP contribution is 2.10. The summed E-state index contributed by atoms with van der Waals surface area (Å²) < 4.78 is 0. The summed E-state index contributed by atoms with van der Waals surface area (Å²) in [4.78, 5) is 13.4. The average molecular weight is 256 g/mol. The van der Waals surface area contributed by atoms with Gasteiger partial charge in [0.2, 0.25) is 5.91 Å². The largest absolute Gasteiger partial charge is 0.343 e. The van der Waals surface area contributed by atoms with Gasteiger partial charge in [0, 0.05) is 6.42 Å². The van der Waals surface area contributed by atoms with E-state index in [1.807, 2.05) is 19.0 Å². The fourth-order valence-corrected chi connectivity index (χ4v) is 1.93. The summed E-state index contributed by atoms with van der Waals surface area (Å²) in [7, 11) is 3.91. The number of carbonyl (C=O) groups is 1. The van der Waals surface area contributed by atoms with Crippen LogP contribution in [-0.4, -0.2) is 31.6 Å². The molecule has 18 heavy (non-hydrogen) atoms. The Morgan fingerprint density at radius 1 is 0.889 bits per heavy atom. The standard InChI is InChI=1S/C15H32N2O/c1-4-5-6-7-8-9-10-11-12-13-15(18)16-14-17(2)3/h4-14H2,1-3H3,(H,16,18).